The van der Waals surface area contributed by atoms with Crippen LogP contribution in [0.2, 0.25) is 5.02 Å². The van der Waals surface area contributed by atoms with Crippen LogP contribution >= 0.6 is 23.4 Å². The first-order chi connectivity index (χ1) is 14.5. The van der Waals surface area contributed by atoms with Crippen molar-refractivity contribution in [2.75, 3.05) is 12.9 Å². The topological polar surface area (TPSA) is 116 Å². The third-order valence-electron chi connectivity index (χ3n) is 3.62. The Morgan fingerprint density at radius 3 is 2.43 bits per heavy atom. The SMILES string of the molecule is COc1ccc(OCc2nnc(SCC(=O)NNC(=O)c3ccc(Cl)cc3)o2)cc1. The van der Waals surface area contributed by atoms with Gasteiger partial charge >= 0.3 is 0 Å². The van der Waals surface area contributed by atoms with Gasteiger partial charge in [-0.1, -0.05) is 23.4 Å². The molecular formula is C19H17ClN4O5S. The zero-order valence-electron chi connectivity index (χ0n) is 15.8. The monoisotopic (exact) mass is 448 g/mol. The number of hydrogen-bond acceptors (Lipinski definition) is 8. The number of carbonyl (C=O) groups excluding carboxylic acids is 2. The van der Waals surface area contributed by atoms with Crippen molar-refractivity contribution in [2.24, 2.45) is 0 Å². The quantitative estimate of drug-likeness (QED) is 0.399. The summed E-state index contributed by atoms with van der Waals surface area (Å²) in [7, 11) is 1.58. The summed E-state index contributed by atoms with van der Waals surface area (Å²) in [5, 5.41) is 8.43. The van der Waals surface area contributed by atoms with Crippen molar-refractivity contribution in [1.82, 2.24) is 21.0 Å². The fourth-order valence-electron chi connectivity index (χ4n) is 2.14. The summed E-state index contributed by atoms with van der Waals surface area (Å²) in [5.74, 6) is 0.699. The molecule has 0 aliphatic carbocycles. The van der Waals surface area contributed by atoms with Crippen LogP contribution in [-0.2, 0) is 11.4 Å². The Labute approximate surface area is 181 Å². The summed E-state index contributed by atoms with van der Waals surface area (Å²) in [4.78, 5) is 23.8. The van der Waals surface area contributed by atoms with Crippen molar-refractivity contribution in [1.29, 1.82) is 0 Å². The molecule has 0 aliphatic heterocycles. The Bertz CT molecular complexity index is 995. The van der Waals surface area contributed by atoms with Crippen LogP contribution in [0, 0.1) is 0 Å². The number of hydrogen-bond donors (Lipinski definition) is 2. The smallest absolute Gasteiger partial charge is 0.277 e. The Hall–Kier alpha value is -3.24. The number of halogens is 1. The van der Waals surface area contributed by atoms with E-state index in [1.54, 1.807) is 55.6 Å². The van der Waals surface area contributed by atoms with Gasteiger partial charge in [-0.25, -0.2) is 0 Å². The molecule has 0 fully saturated rings. The Kier molecular flexibility index (Phi) is 7.52. The molecule has 2 amide bonds. The van der Waals surface area contributed by atoms with Crippen molar-refractivity contribution in [3.63, 3.8) is 0 Å². The molecule has 11 heteroatoms. The number of ether oxygens (including phenoxy) is 2. The van der Waals surface area contributed by atoms with Crippen molar-refractivity contribution >= 4 is 35.2 Å². The van der Waals surface area contributed by atoms with Crippen LogP contribution in [0.25, 0.3) is 0 Å². The van der Waals surface area contributed by atoms with Gasteiger partial charge in [0.15, 0.2) is 6.61 Å². The van der Waals surface area contributed by atoms with Crippen LogP contribution in [0.1, 0.15) is 16.2 Å². The number of nitrogens with one attached hydrogen (secondary N) is 2. The molecule has 1 aromatic heterocycles. The van der Waals surface area contributed by atoms with E-state index in [0.717, 1.165) is 17.5 Å². The maximum Gasteiger partial charge on any atom is 0.277 e. The van der Waals surface area contributed by atoms with Gasteiger partial charge in [-0.15, -0.1) is 10.2 Å². The maximum absolute atomic E-state index is 11.9. The summed E-state index contributed by atoms with van der Waals surface area (Å²) in [6.07, 6.45) is 0. The lowest BCUT2D eigenvalue weighted by molar-refractivity contribution is -0.119. The Morgan fingerprint density at radius 1 is 1.03 bits per heavy atom. The zero-order valence-corrected chi connectivity index (χ0v) is 17.3. The summed E-state index contributed by atoms with van der Waals surface area (Å²) in [5.41, 5.74) is 4.99. The van der Waals surface area contributed by atoms with E-state index in [0.29, 0.717) is 16.3 Å². The number of aromatic nitrogens is 2. The van der Waals surface area contributed by atoms with Gasteiger partial charge in [0.1, 0.15) is 11.5 Å². The maximum atomic E-state index is 11.9. The predicted molar refractivity (Wildman–Crippen MR) is 109 cm³/mol. The number of methoxy groups -OCH3 is 1. The first-order valence-corrected chi connectivity index (χ1v) is 9.96. The van der Waals surface area contributed by atoms with Gasteiger partial charge in [-0.3, -0.25) is 20.4 Å². The first-order valence-electron chi connectivity index (χ1n) is 8.60. The van der Waals surface area contributed by atoms with Gasteiger partial charge in [-0.05, 0) is 48.5 Å². The van der Waals surface area contributed by atoms with Gasteiger partial charge in [0.25, 0.3) is 17.0 Å². The van der Waals surface area contributed by atoms with Gasteiger partial charge in [0, 0.05) is 10.6 Å². The molecule has 0 bridgehead atoms. The molecule has 3 aromatic rings. The van der Waals surface area contributed by atoms with Gasteiger partial charge in [0.05, 0.1) is 12.9 Å². The number of amides is 2. The molecule has 0 radical (unpaired) electrons. The molecule has 1 heterocycles. The second-order valence-corrected chi connectivity index (χ2v) is 7.09. The van der Waals surface area contributed by atoms with Gasteiger partial charge in [0.2, 0.25) is 5.91 Å². The van der Waals surface area contributed by atoms with Crippen LogP contribution in [0.3, 0.4) is 0 Å². The van der Waals surface area contributed by atoms with Crippen LogP contribution in [0.15, 0.2) is 58.2 Å². The fourth-order valence-corrected chi connectivity index (χ4v) is 2.84. The normalized spacial score (nSPS) is 10.3. The highest BCUT2D eigenvalue weighted by molar-refractivity contribution is 7.99. The highest BCUT2D eigenvalue weighted by Gasteiger charge is 2.12. The highest BCUT2D eigenvalue weighted by Crippen LogP contribution is 2.19. The number of carbonyl (C=O) groups is 2. The molecule has 9 nitrogen and oxygen atoms in total. The van der Waals surface area contributed by atoms with E-state index in [9.17, 15) is 9.59 Å². The van der Waals surface area contributed by atoms with Crippen LogP contribution in [0.5, 0.6) is 11.5 Å². The standard InChI is InChI=1S/C19H17ClN4O5S/c1-27-14-6-8-15(9-7-14)28-10-17-22-24-19(29-17)30-11-16(25)21-23-18(26)12-2-4-13(20)5-3-12/h2-9H,10-11H2,1H3,(H,21,25)(H,23,26). The zero-order chi connectivity index (χ0) is 21.3. The van der Waals surface area contributed by atoms with Gasteiger partial charge in [-0.2, -0.15) is 0 Å². The third kappa shape index (κ3) is 6.39. The number of thioether (sulfide) groups is 1. The molecule has 2 N–H and O–H groups in total. The average Bonchev–Trinajstić information content (AvgIpc) is 3.23. The van der Waals surface area contributed by atoms with Crippen LogP contribution in [-0.4, -0.2) is 34.9 Å². The minimum Gasteiger partial charge on any atom is -0.497 e. The van der Waals surface area contributed by atoms with Crippen molar-refractivity contribution < 1.29 is 23.5 Å². The minimum atomic E-state index is -0.458. The summed E-state index contributed by atoms with van der Waals surface area (Å²) >= 11 is 6.80. The third-order valence-corrected chi connectivity index (χ3v) is 4.69. The number of hydrazine groups is 1. The minimum absolute atomic E-state index is 0.0259. The van der Waals surface area contributed by atoms with E-state index < -0.39 is 11.8 Å². The van der Waals surface area contributed by atoms with Crippen molar-refractivity contribution in [2.45, 2.75) is 11.8 Å². The summed E-state index contributed by atoms with van der Waals surface area (Å²) in [6.45, 7) is 0.0865. The van der Waals surface area contributed by atoms with Crippen LogP contribution < -0.4 is 20.3 Å². The molecule has 30 heavy (non-hydrogen) atoms. The Balaban J connectivity index is 1.39. The lowest BCUT2D eigenvalue weighted by Gasteiger charge is -2.06. The summed E-state index contributed by atoms with van der Waals surface area (Å²) < 4.78 is 16.0. The van der Waals surface area contributed by atoms with Crippen LogP contribution in [0.4, 0.5) is 0 Å². The van der Waals surface area contributed by atoms with E-state index in [1.165, 1.54) is 0 Å². The van der Waals surface area contributed by atoms with Crippen molar-refractivity contribution in [3.05, 3.63) is 65.0 Å². The molecule has 0 atom stereocenters. The Morgan fingerprint density at radius 2 is 1.73 bits per heavy atom. The predicted octanol–water partition coefficient (Wildman–Crippen LogP) is 2.86. The van der Waals surface area contributed by atoms with E-state index in [2.05, 4.69) is 21.0 Å². The highest BCUT2D eigenvalue weighted by atomic mass is 35.5. The van der Waals surface area contributed by atoms with Crippen molar-refractivity contribution in [3.8, 4) is 11.5 Å². The lowest BCUT2D eigenvalue weighted by atomic mass is 10.2. The second kappa shape index (κ2) is 10.5. The number of rotatable bonds is 8. The molecule has 0 aliphatic rings. The molecular weight excluding hydrogens is 432 g/mol. The molecule has 3 rings (SSSR count). The molecule has 0 spiro atoms. The first kappa shape index (κ1) is 21.5. The lowest BCUT2D eigenvalue weighted by Crippen LogP contribution is -2.42. The van der Waals surface area contributed by atoms with Gasteiger partial charge < -0.3 is 13.9 Å². The van der Waals surface area contributed by atoms with E-state index in [-0.39, 0.29) is 23.5 Å². The largest absolute Gasteiger partial charge is 0.497 e. The second-order valence-electron chi connectivity index (χ2n) is 5.72. The van der Waals surface area contributed by atoms with E-state index >= 15 is 0 Å². The molecule has 2 aromatic carbocycles. The van der Waals surface area contributed by atoms with E-state index in [4.69, 9.17) is 25.5 Å². The average molecular weight is 449 g/mol. The fraction of sp³-hybridized carbons (Fsp3) is 0.158. The van der Waals surface area contributed by atoms with E-state index in [1.807, 2.05) is 0 Å². The molecule has 0 saturated heterocycles. The number of benzene rings is 2. The summed E-state index contributed by atoms with van der Waals surface area (Å²) in [6, 6.07) is 13.3. The molecule has 0 saturated carbocycles. The molecule has 0 unspecified atom stereocenters. The number of nitrogens with zero attached hydrogens (tertiary/aromatic N) is 2. The molecule has 156 valence electrons.